The highest BCUT2D eigenvalue weighted by Crippen LogP contribution is 2.45. The van der Waals surface area contributed by atoms with E-state index in [1.165, 1.54) is 5.57 Å². The molecule has 6 N–H and O–H groups in total. The first-order chi connectivity index (χ1) is 18.4. The number of aliphatic hydroxyl groups excluding tert-OH is 3. The maximum atomic E-state index is 13.0. The monoisotopic (exact) mass is 550 g/mol. The van der Waals surface area contributed by atoms with Crippen molar-refractivity contribution < 1.29 is 29.6 Å². The Bertz CT molecular complexity index is 841. The predicted molar refractivity (Wildman–Crippen MR) is 154 cm³/mol. The Kier molecular flexibility index (Phi) is 13.6. The average molecular weight is 551 g/mol. The van der Waals surface area contributed by atoms with Gasteiger partial charge in [0.1, 0.15) is 6.10 Å². The van der Waals surface area contributed by atoms with Crippen molar-refractivity contribution >= 4 is 11.9 Å². The molecule has 39 heavy (non-hydrogen) atoms. The van der Waals surface area contributed by atoms with Crippen molar-refractivity contribution in [3.8, 4) is 0 Å². The Labute approximate surface area is 235 Å². The summed E-state index contributed by atoms with van der Waals surface area (Å²) in [6.45, 7) is 10.6. The first-order valence-electron chi connectivity index (χ1n) is 15.0. The van der Waals surface area contributed by atoms with Gasteiger partial charge in [0.05, 0.1) is 36.7 Å². The number of carbonyl (C=O) groups is 2. The van der Waals surface area contributed by atoms with Crippen LogP contribution < -0.4 is 11.1 Å². The van der Waals surface area contributed by atoms with Gasteiger partial charge in [-0.15, -0.1) is 0 Å². The number of unbranched alkanes of at least 4 members (excludes halogenated alkanes) is 1. The van der Waals surface area contributed by atoms with Crippen LogP contribution in [0.25, 0.3) is 0 Å². The van der Waals surface area contributed by atoms with Gasteiger partial charge in [-0.2, -0.15) is 0 Å². The van der Waals surface area contributed by atoms with E-state index < -0.39 is 17.6 Å². The standard InChI is InChI=1S/C31H54N2O6/c1-6-31(4,5)30(38)39-27-16-20(2)15-22-11-10-21(3)26(29(22)27)13-12-24(35)17-25(36)18-28(37)33-23(19-34)9-7-8-14-32/h10-11,15,20-21,23-27,29,34-36H,6-9,12-14,16-19,32H2,1-5H3,(H,33,37)/t20-,21-,23?,24+,25+,26-,27-,29-/m0/s1. The molecule has 0 heterocycles. The third kappa shape index (κ3) is 10.3. The van der Waals surface area contributed by atoms with Crippen LogP contribution in [0.5, 0.6) is 0 Å². The molecule has 1 amide bonds. The van der Waals surface area contributed by atoms with Crippen LogP contribution in [0.15, 0.2) is 23.8 Å². The van der Waals surface area contributed by atoms with Gasteiger partial charge in [-0.05, 0) is 88.7 Å². The minimum absolute atomic E-state index is 0.0791. The number of nitrogens with two attached hydrogens (primary N) is 1. The van der Waals surface area contributed by atoms with Crippen LogP contribution in [0.3, 0.4) is 0 Å². The molecule has 0 spiro atoms. The van der Waals surface area contributed by atoms with Crippen LogP contribution in [0.1, 0.15) is 92.4 Å². The summed E-state index contributed by atoms with van der Waals surface area (Å²) >= 11 is 0. The molecule has 0 fully saturated rings. The summed E-state index contributed by atoms with van der Waals surface area (Å²) in [7, 11) is 0. The van der Waals surface area contributed by atoms with Gasteiger partial charge in [0.2, 0.25) is 5.91 Å². The largest absolute Gasteiger partial charge is 0.461 e. The Balaban J connectivity index is 1.95. The van der Waals surface area contributed by atoms with Gasteiger partial charge in [0.25, 0.3) is 0 Å². The normalized spacial score (nSPS) is 27.2. The number of aliphatic hydroxyl groups is 3. The number of nitrogens with one attached hydrogen (secondary N) is 1. The third-order valence-corrected chi connectivity index (χ3v) is 8.68. The lowest BCUT2D eigenvalue weighted by Gasteiger charge is -2.44. The molecule has 0 aliphatic heterocycles. The third-order valence-electron chi connectivity index (χ3n) is 8.68. The van der Waals surface area contributed by atoms with Gasteiger partial charge in [0.15, 0.2) is 0 Å². The second kappa shape index (κ2) is 15.9. The summed E-state index contributed by atoms with van der Waals surface area (Å²) in [6.07, 6.45) is 9.70. The lowest BCUT2D eigenvalue weighted by Crippen LogP contribution is -2.43. The van der Waals surface area contributed by atoms with Gasteiger partial charge in [-0.3, -0.25) is 9.59 Å². The zero-order chi connectivity index (χ0) is 29.2. The number of hydrogen-bond donors (Lipinski definition) is 5. The van der Waals surface area contributed by atoms with Gasteiger partial charge in [-0.25, -0.2) is 0 Å². The first-order valence-corrected chi connectivity index (χ1v) is 15.0. The second-order valence-corrected chi connectivity index (χ2v) is 12.5. The molecule has 0 aromatic heterocycles. The van der Waals surface area contributed by atoms with E-state index in [1.807, 2.05) is 20.8 Å². The molecule has 8 nitrogen and oxygen atoms in total. The number of allylic oxidation sites excluding steroid dienone is 3. The van der Waals surface area contributed by atoms with Crippen molar-refractivity contribution in [1.29, 1.82) is 0 Å². The molecule has 0 aromatic rings. The van der Waals surface area contributed by atoms with E-state index in [0.717, 1.165) is 25.7 Å². The van der Waals surface area contributed by atoms with Crippen LogP contribution in [0.4, 0.5) is 0 Å². The lowest BCUT2D eigenvalue weighted by molar-refractivity contribution is -0.164. The molecule has 2 rings (SSSR count). The Morgan fingerprint density at radius 3 is 2.54 bits per heavy atom. The summed E-state index contributed by atoms with van der Waals surface area (Å²) < 4.78 is 6.17. The number of ether oxygens (including phenoxy) is 1. The molecule has 224 valence electrons. The van der Waals surface area contributed by atoms with Crippen LogP contribution >= 0.6 is 0 Å². The van der Waals surface area contributed by atoms with Crippen molar-refractivity contribution in [2.75, 3.05) is 13.2 Å². The topological polar surface area (TPSA) is 142 Å². The highest BCUT2D eigenvalue weighted by atomic mass is 16.5. The number of amides is 1. The SMILES string of the molecule is CCC(C)(C)C(=O)O[C@H]1C[C@@H](C)C=C2C=C[C@H](C)[C@H](CC[C@@H](O)C[C@@H](O)CC(=O)NC(CO)CCCCN)[C@H]21. The van der Waals surface area contributed by atoms with E-state index in [2.05, 4.69) is 37.4 Å². The quantitative estimate of drug-likeness (QED) is 0.146. The molecule has 8 atom stereocenters. The Hall–Kier alpha value is -1.74. The molecule has 8 heteroatoms. The summed E-state index contributed by atoms with van der Waals surface area (Å²) in [6, 6.07) is -0.354. The van der Waals surface area contributed by atoms with Crippen molar-refractivity contribution in [3.05, 3.63) is 23.8 Å². The van der Waals surface area contributed by atoms with Crippen LogP contribution in [0, 0.1) is 29.1 Å². The molecule has 0 saturated carbocycles. The fourth-order valence-electron chi connectivity index (χ4n) is 5.81. The molecule has 0 aromatic carbocycles. The first kappa shape index (κ1) is 33.5. The number of hydrogen-bond acceptors (Lipinski definition) is 7. The second-order valence-electron chi connectivity index (χ2n) is 12.5. The summed E-state index contributed by atoms with van der Waals surface area (Å²) in [4.78, 5) is 25.3. The zero-order valence-corrected chi connectivity index (χ0v) is 24.8. The highest BCUT2D eigenvalue weighted by Gasteiger charge is 2.42. The molecule has 1 unspecified atom stereocenters. The highest BCUT2D eigenvalue weighted by molar-refractivity contribution is 5.77. The maximum absolute atomic E-state index is 13.0. The van der Waals surface area contributed by atoms with Crippen LogP contribution in [0.2, 0.25) is 0 Å². The molecule has 0 radical (unpaired) electrons. The van der Waals surface area contributed by atoms with E-state index in [1.54, 1.807) is 0 Å². The van der Waals surface area contributed by atoms with Crippen LogP contribution in [-0.4, -0.2) is 64.7 Å². The Morgan fingerprint density at radius 1 is 1.18 bits per heavy atom. The Morgan fingerprint density at radius 2 is 1.90 bits per heavy atom. The predicted octanol–water partition coefficient (Wildman–Crippen LogP) is 3.63. The summed E-state index contributed by atoms with van der Waals surface area (Å²) in [5.74, 6) is 0.363. The number of rotatable bonds is 16. The zero-order valence-electron chi connectivity index (χ0n) is 24.8. The van der Waals surface area contributed by atoms with Crippen molar-refractivity contribution in [2.45, 2.75) is 117 Å². The van der Waals surface area contributed by atoms with E-state index in [-0.39, 0.29) is 61.2 Å². The molecular formula is C31H54N2O6. The van der Waals surface area contributed by atoms with Gasteiger partial charge < -0.3 is 31.1 Å². The molecular weight excluding hydrogens is 496 g/mol. The smallest absolute Gasteiger partial charge is 0.311 e. The summed E-state index contributed by atoms with van der Waals surface area (Å²) in [5, 5.41) is 33.5. The van der Waals surface area contributed by atoms with Gasteiger partial charge in [0, 0.05) is 5.92 Å². The number of carbonyl (C=O) groups excluding carboxylic acids is 2. The summed E-state index contributed by atoms with van der Waals surface area (Å²) in [5.41, 5.74) is 6.18. The van der Waals surface area contributed by atoms with E-state index in [4.69, 9.17) is 10.5 Å². The van der Waals surface area contributed by atoms with E-state index in [9.17, 15) is 24.9 Å². The molecule has 0 saturated heterocycles. The fourth-order valence-corrected chi connectivity index (χ4v) is 5.81. The fraction of sp³-hybridized carbons (Fsp3) is 0.806. The van der Waals surface area contributed by atoms with Crippen molar-refractivity contribution in [1.82, 2.24) is 5.32 Å². The van der Waals surface area contributed by atoms with Gasteiger partial charge >= 0.3 is 5.97 Å². The van der Waals surface area contributed by atoms with E-state index in [0.29, 0.717) is 31.7 Å². The van der Waals surface area contributed by atoms with Crippen LogP contribution in [-0.2, 0) is 14.3 Å². The van der Waals surface area contributed by atoms with Crippen molar-refractivity contribution in [3.63, 3.8) is 0 Å². The van der Waals surface area contributed by atoms with E-state index >= 15 is 0 Å². The minimum atomic E-state index is -0.969. The number of fused-ring (bicyclic) bond motifs is 1. The van der Waals surface area contributed by atoms with Crippen molar-refractivity contribution in [2.24, 2.45) is 34.8 Å². The average Bonchev–Trinajstić information content (AvgIpc) is 2.87. The molecule has 2 aliphatic carbocycles. The molecule has 0 bridgehead atoms. The number of esters is 1. The van der Waals surface area contributed by atoms with Gasteiger partial charge in [-0.1, -0.05) is 45.4 Å². The maximum Gasteiger partial charge on any atom is 0.311 e. The molecule has 2 aliphatic rings. The lowest BCUT2D eigenvalue weighted by atomic mass is 9.65. The minimum Gasteiger partial charge on any atom is -0.461 e.